The van der Waals surface area contributed by atoms with Gasteiger partial charge in [0.2, 0.25) is 0 Å². The van der Waals surface area contributed by atoms with Gasteiger partial charge in [-0.25, -0.2) is 14.4 Å². The maximum Gasteiger partial charge on any atom is 0.514 e. The Morgan fingerprint density at radius 1 is 0.884 bits per heavy atom. The molecule has 12 nitrogen and oxygen atoms in total. The van der Waals surface area contributed by atoms with Gasteiger partial charge < -0.3 is 39.3 Å². The van der Waals surface area contributed by atoms with E-state index < -0.39 is 53.5 Å². The summed E-state index contributed by atoms with van der Waals surface area (Å²) in [5.74, 6) is -3.18. The molecule has 0 amide bonds. The van der Waals surface area contributed by atoms with Gasteiger partial charge >= 0.3 is 24.4 Å². The number of rotatable bonds is 13. The van der Waals surface area contributed by atoms with E-state index in [-0.39, 0.29) is 24.2 Å². The molecule has 1 aromatic rings. The predicted octanol–water partition coefficient (Wildman–Crippen LogP) is 6.71. The number of carbonyl (C=O) groups excluding carboxylic acids is 3. The Hall–Kier alpha value is -3.54. The molecule has 1 aliphatic carbocycles. The van der Waals surface area contributed by atoms with E-state index in [1.807, 2.05) is 13.8 Å². The van der Waals surface area contributed by atoms with Gasteiger partial charge in [0.25, 0.3) is 0 Å². The molecule has 0 bridgehead atoms. The largest absolute Gasteiger partial charge is 0.514 e. The lowest BCUT2D eigenvalue weighted by atomic mass is 9.82. The molecule has 12 heteroatoms. The van der Waals surface area contributed by atoms with Crippen LogP contribution in [0.25, 0.3) is 0 Å². The molecule has 0 aliphatic heterocycles. The quantitative estimate of drug-likeness (QED) is 0.138. The van der Waals surface area contributed by atoms with E-state index in [0.29, 0.717) is 18.4 Å². The molecule has 1 fully saturated rings. The molecule has 242 valence electrons. The average Bonchev–Trinajstić information content (AvgIpc) is 2.93. The second-order valence-corrected chi connectivity index (χ2v) is 12.1. The Morgan fingerprint density at radius 3 is 1.93 bits per heavy atom. The Morgan fingerprint density at radius 2 is 1.42 bits per heavy atom. The first kappa shape index (κ1) is 35.7. The van der Waals surface area contributed by atoms with Gasteiger partial charge in [0.05, 0.1) is 6.61 Å². The summed E-state index contributed by atoms with van der Waals surface area (Å²) in [6, 6.07) is 2.76. The van der Waals surface area contributed by atoms with E-state index in [1.165, 1.54) is 18.2 Å². The molecular weight excluding hydrogens is 562 g/mol. The number of carbonyl (C=O) groups is 4. The van der Waals surface area contributed by atoms with Crippen LogP contribution < -0.4 is 15.2 Å². The third kappa shape index (κ3) is 11.6. The van der Waals surface area contributed by atoms with E-state index in [2.05, 4.69) is 0 Å². The van der Waals surface area contributed by atoms with Crippen LogP contribution in [0, 0.1) is 5.92 Å². The second-order valence-electron chi connectivity index (χ2n) is 12.1. The fourth-order valence-corrected chi connectivity index (χ4v) is 4.41. The summed E-state index contributed by atoms with van der Waals surface area (Å²) in [5.41, 5.74) is 4.78. The zero-order valence-electron chi connectivity index (χ0n) is 26.3. The van der Waals surface area contributed by atoms with Crippen molar-refractivity contribution < 1.29 is 52.7 Å². The summed E-state index contributed by atoms with van der Waals surface area (Å²) in [6.45, 7) is 12.0. The molecule has 3 N–H and O–H groups in total. The number of hydrogen-bond donors (Lipinski definition) is 2. The summed E-state index contributed by atoms with van der Waals surface area (Å²) < 4.78 is 32.3. The Bertz CT molecular complexity index is 1110. The van der Waals surface area contributed by atoms with Crippen molar-refractivity contribution in [3.8, 4) is 11.5 Å². The summed E-state index contributed by atoms with van der Waals surface area (Å²) in [5, 5.41) is 9.78. The molecule has 1 saturated carbocycles. The minimum absolute atomic E-state index is 0.158. The van der Waals surface area contributed by atoms with Crippen molar-refractivity contribution in [1.29, 1.82) is 0 Å². The average molecular weight is 610 g/mol. The van der Waals surface area contributed by atoms with Crippen molar-refractivity contribution in [2.45, 2.75) is 123 Å². The number of nitrogens with two attached hydrogens (primary N) is 1. The fraction of sp³-hybridized carbons (Fsp3) is 0.677. The predicted molar refractivity (Wildman–Crippen MR) is 156 cm³/mol. The van der Waals surface area contributed by atoms with Crippen molar-refractivity contribution in [1.82, 2.24) is 0 Å². The highest BCUT2D eigenvalue weighted by Crippen LogP contribution is 2.37. The van der Waals surface area contributed by atoms with Crippen LogP contribution in [0.1, 0.15) is 105 Å². The van der Waals surface area contributed by atoms with Crippen LogP contribution >= 0.6 is 0 Å². The number of carboxylic acid groups (broad SMARTS) is 1. The van der Waals surface area contributed by atoms with E-state index in [9.17, 15) is 24.3 Å². The monoisotopic (exact) mass is 609 g/mol. The van der Waals surface area contributed by atoms with Gasteiger partial charge in [-0.05, 0) is 89.8 Å². The SMILES string of the molecule is CCC(C)(C)OC(=O)Oc1ccc(C(C(C)COC(=O)OC2CCCCC2)[C@H](N)C(=O)O)cc1OC(=O)OC(C)(C)CC. The maximum absolute atomic E-state index is 12.7. The minimum Gasteiger partial charge on any atom is -0.480 e. The first-order valence-corrected chi connectivity index (χ1v) is 14.8. The maximum atomic E-state index is 12.7. The van der Waals surface area contributed by atoms with Crippen LogP contribution in [0.2, 0.25) is 0 Å². The van der Waals surface area contributed by atoms with E-state index >= 15 is 0 Å². The molecule has 0 heterocycles. The number of benzene rings is 1. The van der Waals surface area contributed by atoms with Crippen molar-refractivity contribution in [3.05, 3.63) is 23.8 Å². The van der Waals surface area contributed by atoms with Crippen LogP contribution in [0.5, 0.6) is 11.5 Å². The zero-order valence-corrected chi connectivity index (χ0v) is 26.3. The van der Waals surface area contributed by atoms with Crippen LogP contribution in [-0.2, 0) is 23.7 Å². The van der Waals surface area contributed by atoms with Gasteiger partial charge in [-0.1, -0.05) is 33.3 Å². The number of carboxylic acids is 1. The first-order chi connectivity index (χ1) is 20.1. The van der Waals surface area contributed by atoms with Crippen molar-refractivity contribution in [2.24, 2.45) is 11.7 Å². The van der Waals surface area contributed by atoms with Crippen molar-refractivity contribution in [3.63, 3.8) is 0 Å². The molecule has 2 unspecified atom stereocenters. The highest BCUT2D eigenvalue weighted by molar-refractivity contribution is 5.75. The van der Waals surface area contributed by atoms with Gasteiger partial charge in [0, 0.05) is 5.92 Å². The van der Waals surface area contributed by atoms with Gasteiger partial charge in [-0.15, -0.1) is 0 Å². The van der Waals surface area contributed by atoms with Crippen molar-refractivity contribution in [2.75, 3.05) is 6.61 Å². The molecule has 1 aromatic carbocycles. The third-order valence-corrected chi connectivity index (χ3v) is 7.73. The Labute approximate surface area is 253 Å². The van der Waals surface area contributed by atoms with Crippen LogP contribution in [0.15, 0.2) is 18.2 Å². The van der Waals surface area contributed by atoms with Crippen molar-refractivity contribution >= 4 is 24.4 Å². The molecule has 43 heavy (non-hydrogen) atoms. The highest BCUT2D eigenvalue weighted by Gasteiger charge is 2.34. The van der Waals surface area contributed by atoms with E-state index in [0.717, 1.165) is 32.1 Å². The van der Waals surface area contributed by atoms with Gasteiger partial charge in [0.15, 0.2) is 11.5 Å². The Balaban J connectivity index is 2.35. The van der Waals surface area contributed by atoms with E-state index in [4.69, 9.17) is 34.2 Å². The number of hydrogen-bond acceptors (Lipinski definition) is 11. The summed E-state index contributed by atoms with van der Waals surface area (Å²) in [7, 11) is 0. The first-order valence-electron chi connectivity index (χ1n) is 14.8. The van der Waals surface area contributed by atoms with Gasteiger partial charge in [-0.2, -0.15) is 0 Å². The zero-order chi connectivity index (χ0) is 32.4. The van der Waals surface area contributed by atoms with E-state index in [1.54, 1.807) is 34.6 Å². The fourth-order valence-electron chi connectivity index (χ4n) is 4.41. The lowest BCUT2D eigenvalue weighted by molar-refractivity contribution is -0.139. The van der Waals surface area contributed by atoms with Crippen LogP contribution in [0.3, 0.4) is 0 Å². The Kier molecular flexibility index (Phi) is 13.1. The molecular formula is C31H47NO11. The molecule has 0 aromatic heterocycles. The lowest BCUT2D eigenvalue weighted by Crippen LogP contribution is -2.40. The third-order valence-electron chi connectivity index (χ3n) is 7.73. The standard InChI is InChI=1S/C31H47NO11/c1-8-30(4,5)42-28(36)40-22-16-15-20(17-23(22)41-29(37)43-31(6,7)9-2)24(25(32)26(33)34)19(3)18-38-27(35)39-21-13-11-10-12-14-21/h15-17,19,21,24-25H,8-14,18,32H2,1-7H3,(H,33,34)/t19?,24?,25-/m0/s1. The van der Waals surface area contributed by atoms with Crippen LogP contribution in [-0.4, -0.2) is 59.5 Å². The molecule has 0 saturated heterocycles. The van der Waals surface area contributed by atoms with Gasteiger partial charge in [0.1, 0.15) is 23.3 Å². The molecule has 3 atom stereocenters. The summed E-state index contributed by atoms with van der Waals surface area (Å²) in [6.07, 6.45) is 2.51. The molecule has 0 spiro atoms. The highest BCUT2D eigenvalue weighted by atomic mass is 16.8. The van der Waals surface area contributed by atoms with Gasteiger partial charge in [-0.3, -0.25) is 4.79 Å². The lowest BCUT2D eigenvalue weighted by Gasteiger charge is -2.28. The smallest absolute Gasteiger partial charge is 0.480 e. The van der Waals surface area contributed by atoms with Crippen LogP contribution in [0.4, 0.5) is 14.4 Å². The number of aliphatic carboxylic acids is 1. The second kappa shape index (κ2) is 15.8. The molecule has 0 radical (unpaired) electrons. The minimum atomic E-state index is -1.42. The summed E-state index contributed by atoms with van der Waals surface area (Å²) in [4.78, 5) is 49.6. The molecule has 2 rings (SSSR count). The molecule has 1 aliphatic rings. The summed E-state index contributed by atoms with van der Waals surface area (Å²) >= 11 is 0. The normalized spacial score (nSPS) is 16.3. The topological polar surface area (TPSA) is 170 Å². The number of ether oxygens (including phenoxy) is 6.